The summed E-state index contributed by atoms with van der Waals surface area (Å²) in [4.78, 5) is 10.1. The number of hydrogen-bond acceptors (Lipinski definition) is 3. The summed E-state index contributed by atoms with van der Waals surface area (Å²) in [5.41, 5.74) is 1.90. The average molecular weight is 345 g/mol. The molecule has 2 N–H and O–H groups in total. The van der Waals surface area contributed by atoms with Gasteiger partial charge in [-0.1, -0.05) is 12.1 Å². The number of benzene rings is 1. The van der Waals surface area contributed by atoms with E-state index < -0.39 is 0 Å². The summed E-state index contributed by atoms with van der Waals surface area (Å²) < 4.78 is 15.2. The molecule has 0 bridgehead atoms. The Balaban J connectivity index is 1.56. The molecule has 0 aliphatic rings. The van der Waals surface area contributed by atoms with Gasteiger partial charge in [0.15, 0.2) is 10.9 Å². The minimum atomic E-state index is -0.201. The zero-order valence-electron chi connectivity index (χ0n) is 13.5. The van der Waals surface area contributed by atoms with Gasteiger partial charge in [0.2, 0.25) is 0 Å². The number of thiazole rings is 1. The van der Waals surface area contributed by atoms with Crippen LogP contribution in [-0.4, -0.2) is 28.4 Å². The predicted octanol–water partition coefficient (Wildman–Crippen LogP) is 2.83. The Labute approximate surface area is 144 Å². The largest absolute Gasteiger partial charge is 0.357 e. The SMILES string of the molecule is CCNC(=NCc1cn2ccsc2n1)NCCc1cccc(F)c1. The molecule has 0 radical (unpaired) electrons. The van der Waals surface area contributed by atoms with Gasteiger partial charge in [0.1, 0.15) is 5.82 Å². The lowest BCUT2D eigenvalue weighted by Gasteiger charge is -2.11. The molecule has 2 heterocycles. The highest BCUT2D eigenvalue weighted by atomic mass is 32.1. The van der Waals surface area contributed by atoms with Crippen LogP contribution < -0.4 is 10.6 Å². The topological polar surface area (TPSA) is 53.7 Å². The summed E-state index contributed by atoms with van der Waals surface area (Å²) in [6.07, 6.45) is 4.72. The molecule has 3 aromatic rings. The Bertz CT molecular complexity index is 795. The highest BCUT2D eigenvalue weighted by molar-refractivity contribution is 7.15. The molecule has 0 fully saturated rings. The maximum absolute atomic E-state index is 13.2. The number of nitrogens with one attached hydrogen (secondary N) is 2. The van der Waals surface area contributed by atoms with Crippen LogP contribution in [0.4, 0.5) is 4.39 Å². The first-order valence-corrected chi connectivity index (χ1v) is 8.80. The van der Waals surface area contributed by atoms with Crippen molar-refractivity contribution in [3.05, 3.63) is 59.1 Å². The maximum atomic E-state index is 13.2. The minimum Gasteiger partial charge on any atom is -0.357 e. The van der Waals surface area contributed by atoms with Crippen molar-refractivity contribution in [3.63, 3.8) is 0 Å². The second-order valence-electron chi connectivity index (χ2n) is 5.33. The Kier molecular flexibility index (Phi) is 5.43. The summed E-state index contributed by atoms with van der Waals surface area (Å²) in [6.45, 7) is 4.01. The van der Waals surface area contributed by atoms with Crippen molar-refractivity contribution in [3.8, 4) is 0 Å². The molecule has 5 nitrogen and oxygen atoms in total. The van der Waals surface area contributed by atoms with E-state index in [1.807, 2.05) is 35.2 Å². The first-order chi connectivity index (χ1) is 11.7. The van der Waals surface area contributed by atoms with Gasteiger partial charge in [0.05, 0.1) is 12.2 Å². The molecule has 0 aliphatic carbocycles. The molecular formula is C17H20FN5S. The average Bonchev–Trinajstić information content (AvgIpc) is 3.14. The number of rotatable bonds is 6. The van der Waals surface area contributed by atoms with Crippen LogP contribution in [0.1, 0.15) is 18.2 Å². The first kappa shape index (κ1) is 16.4. The van der Waals surface area contributed by atoms with Crippen LogP contribution in [0.3, 0.4) is 0 Å². The number of fused-ring (bicyclic) bond motifs is 1. The lowest BCUT2D eigenvalue weighted by atomic mass is 10.1. The fourth-order valence-electron chi connectivity index (χ4n) is 2.37. The van der Waals surface area contributed by atoms with Crippen LogP contribution in [0.2, 0.25) is 0 Å². The van der Waals surface area contributed by atoms with Gasteiger partial charge >= 0.3 is 0 Å². The van der Waals surface area contributed by atoms with E-state index >= 15 is 0 Å². The molecule has 0 aliphatic heterocycles. The van der Waals surface area contributed by atoms with Crippen molar-refractivity contribution in [1.82, 2.24) is 20.0 Å². The molecule has 0 saturated heterocycles. The van der Waals surface area contributed by atoms with Gasteiger partial charge in [0.25, 0.3) is 0 Å². The van der Waals surface area contributed by atoms with E-state index in [4.69, 9.17) is 0 Å². The van der Waals surface area contributed by atoms with E-state index in [-0.39, 0.29) is 5.82 Å². The van der Waals surface area contributed by atoms with Crippen LogP contribution in [0.15, 0.2) is 47.0 Å². The molecule has 3 rings (SSSR count). The van der Waals surface area contributed by atoms with E-state index in [2.05, 4.69) is 20.6 Å². The third-order valence-corrected chi connectivity index (χ3v) is 4.25. The van der Waals surface area contributed by atoms with E-state index in [1.54, 1.807) is 23.5 Å². The molecule has 126 valence electrons. The van der Waals surface area contributed by atoms with Gasteiger partial charge in [-0.2, -0.15) is 0 Å². The lowest BCUT2D eigenvalue weighted by Crippen LogP contribution is -2.38. The number of halogens is 1. The van der Waals surface area contributed by atoms with Gasteiger partial charge in [0, 0.05) is 30.9 Å². The van der Waals surface area contributed by atoms with E-state index in [0.717, 1.165) is 35.1 Å². The van der Waals surface area contributed by atoms with Crippen molar-refractivity contribution in [1.29, 1.82) is 0 Å². The normalized spacial score (nSPS) is 11.8. The Morgan fingerprint density at radius 3 is 3.08 bits per heavy atom. The molecule has 1 aromatic carbocycles. The number of hydrogen-bond donors (Lipinski definition) is 2. The van der Waals surface area contributed by atoms with Crippen molar-refractivity contribution in [2.75, 3.05) is 13.1 Å². The molecule has 0 atom stereocenters. The number of guanidine groups is 1. The van der Waals surface area contributed by atoms with Gasteiger partial charge in [-0.15, -0.1) is 11.3 Å². The highest BCUT2D eigenvalue weighted by Crippen LogP contribution is 2.11. The van der Waals surface area contributed by atoms with Crippen LogP contribution in [0.25, 0.3) is 4.96 Å². The van der Waals surface area contributed by atoms with E-state index in [9.17, 15) is 4.39 Å². The quantitative estimate of drug-likeness (QED) is 0.534. The predicted molar refractivity (Wildman–Crippen MR) is 96.0 cm³/mol. The second kappa shape index (κ2) is 7.92. The number of nitrogens with zero attached hydrogens (tertiary/aromatic N) is 3. The van der Waals surface area contributed by atoms with Crippen molar-refractivity contribution >= 4 is 22.3 Å². The number of imidazole rings is 1. The summed E-state index contributed by atoms with van der Waals surface area (Å²) in [5.74, 6) is 0.540. The van der Waals surface area contributed by atoms with Crippen LogP contribution >= 0.6 is 11.3 Å². The highest BCUT2D eigenvalue weighted by Gasteiger charge is 2.03. The van der Waals surface area contributed by atoms with Crippen LogP contribution in [-0.2, 0) is 13.0 Å². The Morgan fingerprint density at radius 2 is 2.29 bits per heavy atom. The molecule has 0 saturated carbocycles. The van der Waals surface area contributed by atoms with Crippen LogP contribution in [0, 0.1) is 5.82 Å². The Hall–Kier alpha value is -2.41. The van der Waals surface area contributed by atoms with Crippen molar-refractivity contribution < 1.29 is 4.39 Å². The number of aliphatic imine (C=N–C) groups is 1. The molecule has 2 aromatic heterocycles. The summed E-state index contributed by atoms with van der Waals surface area (Å²) in [6, 6.07) is 6.67. The van der Waals surface area contributed by atoms with Crippen molar-refractivity contribution in [2.45, 2.75) is 19.9 Å². The summed E-state index contributed by atoms with van der Waals surface area (Å²) in [7, 11) is 0. The third-order valence-electron chi connectivity index (χ3n) is 3.48. The van der Waals surface area contributed by atoms with E-state index in [0.29, 0.717) is 13.1 Å². The first-order valence-electron chi connectivity index (χ1n) is 7.92. The fraction of sp³-hybridized carbons (Fsp3) is 0.294. The molecule has 0 spiro atoms. The fourth-order valence-corrected chi connectivity index (χ4v) is 3.09. The summed E-state index contributed by atoms with van der Waals surface area (Å²) >= 11 is 1.61. The van der Waals surface area contributed by atoms with Gasteiger partial charge in [-0.25, -0.2) is 14.4 Å². The van der Waals surface area contributed by atoms with Gasteiger partial charge in [-0.3, -0.25) is 4.40 Å². The molecule has 0 unspecified atom stereocenters. The second-order valence-corrected chi connectivity index (χ2v) is 6.20. The molecule has 7 heteroatoms. The van der Waals surface area contributed by atoms with Gasteiger partial charge in [-0.05, 0) is 31.0 Å². The molecular weight excluding hydrogens is 325 g/mol. The zero-order chi connectivity index (χ0) is 16.8. The monoisotopic (exact) mass is 345 g/mol. The minimum absolute atomic E-state index is 0.201. The maximum Gasteiger partial charge on any atom is 0.193 e. The van der Waals surface area contributed by atoms with Crippen LogP contribution in [0.5, 0.6) is 0 Å². The standard InChI is InChI=1S/C17H20FN5S/c1-2-19-16(20-7-6-13-4-3-5-14(18)10-13)21-11-15-12-23-8-9-24-17(23)22-15/h3-5,8-10,12H,2,6-7,11H2,1H3,(H2,19,20,21). The molecule has 0 amide bonds. The smallest absolute Gasteiger partial charge is 0.193 e. The summed E-state index contributed by atoms with van der Waals surface area (Å²) in [5, 5.41) is 8.49. The molecule has 24 heavy (non-hydrogen) atoms. The number of aromatic nitrogens is 2. The lowest BCUT2D eigenvalue weighted by molar-refractivity contribution is 0.625. The van der Waals surface area contributed by atoms with E-state index in [1.165, 1.54) is 6.07 Å². The zero-order valence-corrected chi connectivity index (χ0v) is 14.3. The van der Waals surface area contributed by atoms with Gasteiger partial charge < -0.3 is 10.6 Å². The Morgan fingerprint density at radius 1 is 1.38 bits per heavy atom. The third kappa shape index (κ3) is 4.32. The van der Waals surface area contributed by atoms with Crippen molar-refractivity contribution in [2.24, 2.45) is 4.99 Å².